The number of carbonyl (C=O) groups is 1. The van der Waals surface area contributed by atoms with Gasteiger partial charge >= 0.3 is 0 Å². The van der Waals surface area contributed by atoms with Crippen molar-refractivity contribution in [1.29, 1.82) is 0 Å². The normalized spacial score (nSPS) is 11.1. The highest BCUT2D eigenvalue weighted by Gasteiger charge is 2.17. The largest absolute Gasteiger partial charge is 0.481 e. The van der Waals surface area contributed by atoms with E-state index in [0.717, 1.165) is 6.07 Å². The highest BCUT2D eigenvalue weighted by molar-refractivity contribution is 7.80. The Balaban J connectivity index is 2.95. The van der Waals surface area contributed by atoms with Crippen LogP contribution in [0, 0.1) is 11.6 Å². The van der Waals surface area contributed by atoms with Gasteiger partial charge in [-0.1, -0.05) is 0 Å². The molecule has 0 aliphatic rings. The van der Waals surface area contributed by atoms with Crippen LogP contribution in [-0.4, -0.2) is 16.6 Å². The molecular formula is C14H17F2NO2S. The maximum atomic E-state index is 13.7. The Morgan fingerprint density at radius 1 is 1.30 bits per heavy atom. The van der Waals surface area contributed by atoms with Crippen molar-refractivity contribution < 1.29 is 18.3 Å². The van der Waals surface area contributed by atoms with Crippen LogP contribution >= 0.6 is 12.2 Å². The van der Waals surface area contributed by atoms with Gasteiger partial charge in [0.05, 0.1) is 5.69 Å². The van der Waals surface area contributed by atoms with Gasteiger partial charge in [0.15, 0.2) is 5.05 Å². The van der Waals surface area contributed by atoms with Gasteiger partial charge in [-0.25, -0.2) is 8.78 Å². The molecule has 3 nitrogen and oxygen atoms in total. The monoisotopic (exact) mass is 301 g/mol. The highest BCUT2D eigenvalue weighted by atomic mass is 32.1. The van der Waals surface area contributed by atoms with E-state index in [4.69, 9.17) is 17.0 Å². The predicted molar refractivity (Wildman–Crippen MR) is 77.8 cm³/mol. The zero-order valence-corrected chi connectivity index (χ0v) is 12.7. The minimum atomic E-state index is -0.830. The summed E-state index contributed by atoms with van der Waals surface area (Å²) in [4.78, 5) is 10.9. The van der Waals surface area contributed by atoms with Crippen LogP contribution in [0.15, 0.2) is 12.1 Å². The first kappa shape index (κ1) is 16.5. The molecular weight excluding hydrogens is 284 g/mol. The van der Waals surface area contributed by atoms with E-state index in [9.17, 15) is 13.6 Å². The number of hydrogen-bond acceptors (Lipinski definition) is 3. The topological polar surface area (TPSA) is 38.3 Å². The molecule has 1 aromatic carbocycles. The molecule has 0 spiro atoms. The quantitative estimate of drug-likeness (QED) is 0.867. The number of benzene rings is 1. The van der Waals surface area contributed by atoms with E-state index < -0.39 is 23.1 Å². The summed E-state index contributed by atoms with van der Waals surface area (Å²) in [5, 5.41) is 2.50. The molecule has 0 radical (unpaired) electrons. The first-order chi connectivity index (χ1) is 9.08. The molecule has 0 aromatic heterocycles. The van der Waals surface area contributed by atoms with Crippen molar-refractivity contribution in [3.63, 3.8) is 0 Å². The van der Waals surface area contributed by atoms with Crippen LogP contribution in [0.2, 0.25) is 0 Å². The lowest BCUT2D eigenvalue weighted by Gasteiger charge is -2.21. The average Bonchev–Trinajstić information content (AvgIpc) is 2.21. The van der Waals surface area contributed by atoms with Gasteiger partial charge in [0.25, 0.3) is 0 Å². The second-order valence-corrected chi connectivity index (χ2v) is 5.82. The fourth-order valence-electron chi connectivity index (χ4n) is 1.55. The number of anilines is 1. The van der Waals surface area contributed by atoms with Crippen LogP contribution in [0.5, 0.6) is 0 Å². The first-order valence-corrected chi connectivity index (χ1v) is 6.46. The van der Waals surface area contributed by atoms with Crippen LogP contribution in [0.1, 0.15) is 33.3 Å². The van der Waals surface area contributed by atoms with Crippen molar-refractivity contribution in [2.75, 3.05) is 5.32 Å². The van der Waals surface area contributed by atoms with Gasteiger partial charge in [-0.05, 0) is 44.6 Å². The Morgan fingerprint density at radius 2 is 1.90 bits per heavy atom. The highest BCUT2D eigenvalue weighted by Crippen LogP contribution is 2.21. The molecule has 0 fully saturated rings. The molecule has 0 aliphatic heterocycles. The lowest BCUT2D eigenvalue weighted by molar-refractivity contribution is -0.114. The number of carbonyl (C=O) groups excluding carboxylic acids is 1. The number of rotatable bonds is 3. The molecule has 0 bridgehead atoms. The Hall–Kier alpha value is -1.56. The molecule has 0 saturated carbocycles. The summed E-state index contributed by atoms with van der Waals surface area (Å²) in [5.41, 5.74) is -0.384. The molecule has 1 rings (SSSR count). The molecule has 0 saturated heterocycles. The Bertz CT molecular complexity index is 539. The van der Waals surface area contributed by atoms with Crippen LogP contribution in [0.3, 0.4) is 0 Å². The van der Waals surface area contributed by atoms with Crippen molar-refractivity contribution in [2.24, 2.45) is 0 Å². The summed E-state index contributed by atoms with van der Waals surface area (Å²) >= 11 is 5.04. The molecule has 0 aliphatic carbocycles. The number of amides is 1. The van der Waals surface area contributed by atoms with Crippen molar-refractivity contribution in [1.82, 2.24) is 0 Å². The second-order valence-electron chi connectivity index (χ2n) is 5.37. The van der Waals surface area contributed by atoms with Gasteiger partial charge in [-0.2, -0.15) is 0 Å². The number of nitrogens with one attached hydrogen (secondary N) is 1. The number of thiocarbonyl (C=S) groups is 1. The first-order valence-electron chi connectivity index (χ1n) is 6.06. The van der Waals surface area contributed by atoms with Crippen LogP contribution in [-0.2, 0) is 16.0 Å². The third-order valence-electron chi connectivity index (χ3n) is 2.20. The van der Waals surface area contributed by atoms with E-state index in [1.165, 1.54) is 13.0 Å². The third-order valence-corrected chi connectivity index (χ3v) is 2.43. The molecule has 110 valence electrons. The Morgan fingerprint density at radius 3 is 2.40 bits per heavy atom. The standard InChI is InChI=1S/C14H17F2NO2S/c1-8(18)17-12-5-9(10(15)7-11(12)16)6-13(20)19-14(2,3)4/h5,7H,6H2,1-4H3,(H,17,18). The Labute approximate surface area is 122 Å². The summed E-state index contributed by atoms with van der Waals surface area (Å²) in [6.07, 6.45) is 0.0330. The van der Waals surface area contributed by atoms with E-state index in [-0.39, 0.29) is 22.7 Å². The summed E-state index contributed by atoms with van der Waals surface area (Å²) in [7, 11) is 0. The van der Waals surface area contributed by atoms with Gasteiger partial charge in [0.2, 0.25) is 5.91 Å². The fraction of sp³-hybridized carbons (Fsp3) is 0.429. The van der Waals surface area contributed by atoms with Gasteiger partial charge < -0.3 is 10.1 Å². The van der Waals surface area contributed by atoms with E-state index in [0.29, 0.717) is 0 Å². The smallest absolute Gasteiger partial charge is 0.221 e. The number of hydrogen-bond donors (Lipinski definition) is 1. The lowest BCUT2D eigenvalue weighted by atomic mass is 10.1. The maximum absolute atomic E-state index is 13.7. The molecule has 0 unspecified atom stereocenters. The van der Waals surface area contributed by atoms with Gasteiger partial charge in [0, 0.05) is 19.4 Å². The van der Waals surface area contributed by atoms with Crippen LogP contribution < -0.4 is 5.32 Å². The number of ether oxygens (including phenoxy) is 1. The van der Waals surface area contributed by atoms with E-state index >= 15 is 0 Å². The van der Waals surface area contributed by atoms with Gasteiger partial charge in [0.1, 0.15) is 17.2 Å². The predicted octanol–water partition coefficient (Wildman–Crippen LogP) is 3.61. The van der Waals surface area contributed by atoms with Gasteiger partial charge in [-0.15, -0.1) is 0 Å². The molecule has 0 atom stereocenters. The van der Waals surface area contributed by atoms with E-state index in [2.05, 4.69) is 5.32 Å². The minimum Gasteiger partial charge on any atom is -0.481 e. The zero-order valence-electron chi connectivity index (χ0n) is 11.8. The summed E-state index contributed by atoms with van der Waals surface area (Å²) < 4.78 is 32.6. The number of halogens is 2. The summed E-state index contributed by atoms with van der Waals surface area (Å²) in [5.74, 6) is -1.99. The summed E-state index contributed by atoms with van der Waals surface area (Å²) in [6, 6.07) is 1.95. The molecule has 20 heavy (non-hydrogen) atoms. The van der Waals surface area contributed by atoms with Crippen molar-refractivity contribution in [3.05, 3.63) is 29.3 Å². The molecule has 1 amide bonds. The molecule has 1 aromatic rings. The SMILES string of the molecule is CC(=O)Nc1cc(CC(=S)OC(C)(C)C)c(F)cc1F. The molecule has 1 N–H and O–H groups in total. The zero-order chi connectivity index (χ0) is 15.5. The second kappa shape index (κ2) is 6.26. The van der Waals surface area contributed by atoms with E-state index in [1.807, 2.05) is 20.8 Å². The minimum absolute atomic E-state index is 0.0330. The van der Waals surface area contributed by atoms with Gasteiger partial charge in [-0.3, -0.25) is 4.79 Å². The molecule has 0 heterocycles. The van der Waals surface area contributed by atoms with Crippen LogP contribution in [0.25, 0.3) is 0 Å². The van der Waals surface area contributed by atoms with E-state index in [1.54, 1.807) is 0 Å². The van der Waals surface area contributed by atoms with Crippen molar-refractivity contribution in [3.8, 4) is 0 Å². The van der Waals surface area contributed by atoms with Crippen LogP contribution in [0.4, 0.5) is 14.5 Å². The maximum Gasteiger partial charge on any atom is 0.221 e. The third kappa shape index (κ3) is 5.21. The van der Waals surface area contributed by atoms with Crippen molar-refractivity contribution >= 4 is 28.9 Å². The lowest BCUT2D eigenvalue weighted by Crippen LogP contribution is -2.24. The fourth-order valence-corrected chi connectivity index (χ4v) is 1.95. The Kier molecular flexibility index (Phi) is 5.16. The average molecular weight is 301 g/mol. The summed E-state index contributed by atoms with van der Waals surface area (Å²) in [6.45, 7) is 6.71. The van der Waals surface area contributed by atoms with Crippen molar-refractivity contribution in [2.45, 2.75) is 39.7 Å². The molecule has 6 heteroatoms.